The van der Waals surface area contributed by atoms with Crippen molar-refractivity contribution in [2.24, 2.45) is 10.8 Å². The maximum Gasteiger partial charge on any atom is 0.326 e. The maximum atomic E-state index is 11.6. The molecule has 1 unspecified atom stereocenters. The third-order valence-corrected chi connectivity index (χ3v) is 3.92. The fraction of sp³-hybridized carbons (Fsp3) is 0.818. The summed E-state index contributed by atoms with van der Waals surface area (Å²) in [5, 5.41) is 9.12. The Morgan fingerprint density at radius 1 is 1.36 bits per heavy atom. The van der Waals surface area contributed by atoms with Crippen molar-refractivity contribution in [2.75, 3.05) is 7.11 Å². The van der Waals surface area contributed by atoms with Crippen LogP contribution in [0.1, 0.15) is 38.5 Å². The van der Waals surface area contributed by atoms with E-state index >= 15 is 0 Å². The van der Waals surface area contributed by atoms with Crippen LogP contribution in [-0.4, -0.2) is 13.1 Å². The number of nitriles is 1. The molecule has 1 atom stereocenters. The highest BCUT2D eigenvalue weighted by molar-refractivity contribution is 5.85. The molecule has 3 heteroatoms. The molecule has 2 aliphatic carbocycles. The lowest BCUT2D eigenvalue weighted by atomic mass is 9.80. The molecule has 0 aromatic heterocycles. The molecule has 0 radical (unpaired) electrons. The second kappa shape index (κ2) is 2.98. The number of hydrogen-bond acceptors (Lipinski definition) is 3. The summed E-state index contributed by atoms with van der Waals surface area (Å²) >= 11 is 0. The van der Waals surface area contributed by atoms with Gasteiger partial charge in [0.2, 0.25) is 0 Å². The largest absolute Gasteiger partial charge is 0.468 e. The molecule has 3 nitrogen and oxygen atoms in total. The number of nitrogens with zero attached hydrogens (tertiary/aromatic N) is 1. The molecule has 1 spiro atoms. The Labute approximate surface area is 84.0 Å². The van der Waals surface area contributed by atoms with Crippen molar-refractivity contribution in [3.8, 4) is 6.07 Å². The minimum absolute atomic E-state index is 0.0207. The van der Waals surface area contributed by atoms with E-state index in [4.69, 9.17) is 10.00 Å². The van der Waals surface area contributed by atoms with E-state index in [0.29, 0.717) is 0 Å². The highest BCUT2D eigenvalue weighted by Gasteiger charge is 2.73. The van der Waals surface area contributed by atoms with E-state index in [-0.39, 0.29) is 11.4 Å². The van der Waals surface area contributed by atoms with Crippen molar-refractivity contribution in [3.05, 3.63) is 0 Å². The molecule has 2 fully saturated rings. The lowest BCUT2D eigenvalue weighted by molar-refractivity contribution is -0.146. The summed E-state index contributed by atoms with van der Waals surface area (Å²) in [7, 11) is 1.37. The Kier molecular flexibility index (Phi) is 2.02. The van der Waals surface area contributed by atoms with E-state index < -0.39 is 5.41 Å². The number of methoxy groups -OCH3 is 1. The average molecular weight is 193 g/mol. The summed E-state index contributed by atoms with van der Waals surface area (Å²) in [5.41, 5.74) is -0.810. The van der Waals surface area contributed by atoms with Crippen LogP contribution < -0.4 is 0 Å². The first-order chi connectivity index (χ1) is 6.71. The molecular weight excluding hydrogens is 178 g/mol. The van der Waals surface area contributed by atoms with Crippen molar-refractivity contribution in [2.45, 2.75) is 38.5 Å². The topological polar surface area (TPSA) is 50.1 Å². The van der Waals surface area contributed by atoms with Crippen molar-refractivity contribution >= 4 is 5.97 Å². The van der Waals surface area contributed by atoms with Gasteiger partial charge in [-0.3, -0.25) is 4.79 Å². The second-order valence-electron chi connectivity index (χ2n) is 4.53. The predicted molar refractivity (Wildman–Crippen MR) is 50.2 cm³/mol. The molecule has 0 aromatic carbocycles. The van der Waals surface area contributed by atoms with Crippen LogP contribution in [-0.2, 0) is 9.53 Å². The molecular formula is C11H15NO2. The second-order valence-corrected chi connectivity index (χ2v) is 4.53. The summed E-state index contributed by atoms with van der Waals surface area (Å²) in [5.74, 6) is -0.318. The smallest absolute Gasteiger partial charge is 0.326 e. The van der Waals surface area contributed by atoms with E-state index in [1.54, 1.807) is 0 Å². The SMILES string of the molecule is COC(=O)C1(C#N)CC12CCCCC2. The van der Waals surface area contributed by atoms with Gasteiger partial charge in [-0.1, -0.05) is 19.3 Å². The van der Waals surface area contributed by atoms with Crippen molar-refractivity contribution < 1.29 is 9.53 Å². The molecule has 0 N–H and O–H groups in total. The molecule has 2 saturated carbocycles. The van der Waals surface area contributed by atoms with Gasteiger partial charge in [0.1, 0.15) is 0 Å². The third-order valence-electron chi connectivity index (χ3n) is 3.92. The first kappa shape index (κ1) is 9.51. The van der Waals surface area contributed by atoms with Crippen LogP contribution in [0.2, 0.25) is 0 Å². The van der Waals surface area contributed by atoms with Gasteiger partial charge in [0.25, 0.3) is 0 Å². The van der Waals surface area contributed by atoms with Gasteiger partial charge in [0.05, 0.1) is 13.2 Å². The molecule has 0 bridgehead atoms. The first-order valence-electron chi connectivity index (χ1n) is 5.20. The van der Waals surface area contributed by atoms with Crippen LogP contribution in [0.5, 0.6) is 0 Å². The predicted octanol–water partition coefficient (Wildman–Crippen LogP) is 2.02. The fourth-order valence-electron chi connectivity index (χ4n) is 2.96. The maximum absolute atomic E-state index is 11.6. The van der Waals surface area contributed by atoms with Crippen LogP contribution in [0.15, 0.2) is 0 Å². The Morgan fingerprint density at radius 2 is 2.00 bits per heavy atom. The van der Waals surface area contributed by atoms with Gasteiger partial charge < -0.3 is 4.74 Å². The zero-order valence-electron chi connectivity index (χ0n) is 8.51. The zero-order valence-corrected chi connectivity index (χ0v) is 8.51. The van der Waals surface area contributed by atoms with Gasteiger partial charge in [-0.2, -0.15) is 5.26 Å². The first-order valence-corrected chi connectivity index (χ1v) is 5.20. The van der Waals surface area contributed by atoms with Crippen LogP contribution in [0.25, 0.3) is 0 Å². The molecule has 0 heterocycles. The number of rotatable bonds is 1. The van der Waals surface area contributed by atoms with E-state index in [1.807, 2.05) is 0 Å². The van der Waals surface area contributed by atoms with E-state index in [9.17, 15) is 4.79 Å². The lowest BCUT2D eigenvalue weighted by Crippen LogP contribution is -2.25. The summed E-state index contributed by atoms with van der Waals surface area (Å²) in [6, 6.07) is 2.19. The van der Waals surface area contributed by atoms with Crippen molar-refractivity contribution in [3.63, 3.8) is 0 Å². The van der Waals surface area contributed by atoms with E-state index in [2.05, 4.69) is 6.07 Å². The quantitative estimate of drug-likeness (QED) is 0.598. The number of hydrogen-bond donors (Lipinski definition) is 0. The third kappa shape index (κ3) is 1.00. The van der Waals surface area contributed by atoms with Crippen molar-refractivity contribution in [1.29, 1.82) is 5.26 Å². The van der Waals surface area contributed by atoms with Gasteiger partial charge >= 0.3 is 5.97 Å². The number of ether oxygens (including phenoxy) is 1. The van der Waals surface area contributed by atoms with Gasteiger partial charge in [0, 0.05) is 5.41 Å². The summed E-state index contributed by atoms with van der Waals surface area (Å²) in [4.78, 5) is 11.6. The number of carbonyl (C=O) groups is 1. The minimum Gasteiger partial charge on any atom is -0.468 e. The Bertz CT molecular complexity index is 299. The standard InChI is InChI=1S/C11H15NO2/c1-14-9(13)11(8-12)7-10(11)5-3-2-4-6-10/h2-7H2,1H3. The lowest BCUT2D eigenvalue weighted by Gasteiger charge is -2.23. The Balaban J connectivity index is 2.19. The summed E-state index contributed by atoms with van der Waals surface area (Å²) in [6.07, 6.45) is 6.32. The van der Waals surface area contributed by atoms with Gasteiger partial charge in [-0.15, -0.1) is 0 Å². The van der Waals surface area contributed by atoms with Crippen LogP contribution >= 0.6 is 0 Å². The Hall–Kier alpha value is -1.04. The summed E-state index contributed by atoms with van der Waals surface area (Å²) in [6.45, 7) is 0. The average Bonchev–Trinajstić information content (AvgIpc) is 2.87. The van der Waals surface area contributed by atoms with Crippen LogP contribution in [0.4, 0.5) is 0 Å². The molecule has 0 saturated heterocycles. The molecule has 76 valence electrons. The molecule has 2 rings (SSSR count). The highest BCUT2D eigenvalue weighted by atomic mass is 16.5. The fourth-order valence-corrected chi connectivity index (χ4v) is 2.96. The minimum atomic E-state index is -0.790. The molecule has 0 aliphatic heterocycles. The molecule has 0 amide bonds. The number of carbonyl (C=O) groups excluding carboxylic acids is 1. The Morgan fingerprint density at radius 3 is 2.50 bits per heavy atom. The van der Waals surface area contributed by atoms with Gasteiger partial charge in [0.15, 0.2) is 5.41 Å². The molecule has 2 aliphatic rings. The van der Waals surface area contributed by atoms with Gasteiger partial charge in [-0.05, 0) is 19.3 Å². The normalized spacial score (nSPS) is 33.4. The summed E-state index contributed by atoms with van der Waals surface area (Å²) < 4.78 is 4.73. The monoisotopic (exact) mass is 193 g/mol. The van der Waals surface area contributed by atoms with E-state index in [1.165, 1.54) is 13.5 Å². The number of esters is 1. The van der Waals surface area contributed by atoms with E-state index in [0.717, 1.165) is 32.1 Å². The van der Waals surface area contributed by atoms with Crippen LogP contribution in [0, 0.1) is 22.2 Å². The highest BCUT2D eigenvalue weighted by Crippen LogP contribution is 2.70. The van der Waals surface area contributed by atoms with Crippen molar-refractivity contribution in [1.82, 2.24) is 0 Å². The van der Waals surface area contributed by atoms with Gasteiger partial charge in [-0.25, -0.2) is 0 Å². The van der Waals surface area contributed by atoms with Crippen LogP contribution in [0.3, 0.4) is 0 Å². The zero-order chi connectivity index (χ0) is 10.2. The molecule has 14 heavy (non-hydrogen) atoms. The molecule has 0 aromatic rings.